The summed E-state index contributed by atoms with van der Waals surface area (Å²) in [7, 11) is 0. The maximum Gasteiger partial charge on any atom is 0.276 e. The molecule has 1 aliphatic heterocycles. The van der Waals surface area contributed by atoms with E-state index in [0.29, 0.717) is 11.2 Å². The summed E-state index contributed by atoms with van der Waals surface area (Å²) in [6, 6.07) is 2.94. The Bertz CT molecular complexity index is 959. The summed E-state index contributed by atoms with van der Waals surface area (Å²) >= 11 is 0. The van der Waals surface area contributed by atoms with E-state index < -0.39 is 29.7 Å². The van der Waals surface area contributed by atoms with Crippen LogP contribution in [0.25, 0.3) is 5.65 Å². The normalized spacial score (nSPS) is 20.4. The number of fused-ring (bicyclic) bond motifs is 1. The number of hydrogen-bond acceptors (Lipinski definition) is 4. The van der Waals surface area contributed by atoms with Crippen molar-refractivity contribution in [1.29, 1.82) is 0 Å². The van der Waals surface area contributed by atoms with Crippen LogP contribution in [-0.4, -0.2) is 42.9 Å². The number of nitrogens with zero attached hydrogens (tertiary/aromatic N) is 4. The monoisotopic (exact) mass is 344 g/mol. The molecule has 8 heteroatoms. The minimum absolute atomic E-state index is 0.0892. The molecule has 0 saturated carbocycles. The quantitative estimate of drug-likeness (QED) is 0.771. The molecule has 6 nitrogen and oxygen atoms in total. The molecule has 3 heterocycles. The molecule has 1 fully saturated rings. The van der Waals surface area contributed by atoms with E-state index in [4.69, 9.17) is 0 Å². The standard InChI is InChI=1S/C17H14F2N4O2/c18-12-2-1-10(7-13(12)19)14-8-11(24)9-23(14)17(25)15-16-21-4-6-22(16)5-3-20-15/h1-7,11,14,24H,8-9H2. The highest BCUT2D eigenvalue weighted by Gasteiger charge is 2.37. The molecule has 4 rings (SSSR count). The zero-order chi connectivity index (χ0) is 17.6. The first-order valence-corrected chi connectivity index (χ1v) is 7.76. The minimum atomic E-state index is -0.986. The Morgan fingerprint density at radius 1 is 1.16 bits per heavy atom. The SMILES string of the molecule is O=C(c1nccn2ccnc12)N1CC(O)CC1c1ccc(F)c(F)c1. The van der Waals surface area contributed by atoms with Crippen LogP contribution in [0.2, 0.25) is 0 Å². The second kappa shape index (κ2) is 5.89. The summed E-state index contributed by atoms with van der Waals surface area (Å²) in [6.45, 7) is 0.0892. The van der Waals surface area contributed by atoms with E-state index in [1.807, 2.05) is 0 Å². The molecule has 0 radical (unpaired) electrons. The molecule has 1 N–H and O–H groups in total. The Morgan fingerprint density at radius 3 is 2.68 bits per heavy atom. The number of aromatic nitrogens is 3. The average molecular weight is 344 g/mol. The summed E-state index contributed by atoms with van der Waals surface area (Å²) in [6.07, 6.45) is 5.90. The summed E-state index contributed by atoms with van der Waals surface area (Å²) < 4.78 is 28.4. The van der Waals surface area contributed by atoms with Crippen LogP contribution in [0, 0.1) is 11.6 Å². The molecule has 25 heavy (non-hydrogen) atoms. The third-order valence-corrected chi connectivity index (χ3v) is 4.38. The molecule has 0 aliphatic carbocycles. The van der Waals surface area contributed by atoms with Crippen LogP contribution in [0.1, 0.15) is 28.5 Å². The number of aliphatic hydroxyl groups is 1. The predicted octanol–water partition coefficient (Wildman–Crippen LogP) is 1.96. The molecule has 1 amide bonds. The van der Waals surface area contributed by atoms with Crippen LogP contribution < -0.4 is 0 Å². The highest BCUT2D eigenvalue weighted by atomic mass is 19.2. The Labute approximate surface area is 141 Å². The fraction of sp³-hybridized carbons (Fsp3) is 0.235. The van der Waals surface area contributed by atoms with Crippen molar-refractivity contribution in [3.63, 3.8) is 0 Å². The van der Waals surface area contributed by atoms with E-state index >= 15 is 0 Å². The molecule has 0 bridgehead atoms. The largest absolute Gasteiger partial charge is 0.391 e. The number of rotatable bonds is 2. The molecule has 2 atom stereocenters. The van der Waals surface area contributed by atoms with Gasteiger partial charge in [0.05, 0.1) is 12.1 Å². The van der Waals surface area contributed by atoms with E-state index in [2.05, 4.69) is 9.97 Å². The van der Waals surface area contributed by atoms with Gasteiger partial charge < -0.3 is 14.4 Å². The second-order valence-corrected chi connectivity index (χ2v) is 5.97. The van der Waals surface area contributed by atoms with Gasteiger partial charge in [0.2, 0.25) is 0 Å². The lowest BCUT2D eigenvalue weighted by atomic mass is 10.0. The van der Waals surface area contributed by atoms with Crippen molar-refractivity contribution in [2.75, 3.05) is 6.54 Å². The van der Waals surface area contributed by atoms with Gasteiger partial charge in [0, 0.05) is 31.3 Å². The van der Waals surface area contributed by atoms with Crippen molar-refractivity contribution in [1.82, 2.24) is 19.3 Å². The molecular weight excluding hydrogens is 330 g/mol. The zero-order valence-corrected chi connectivity index (χ0v) is 13.0. The fourth-order valence-corrected chi connectivity index (χ4v) is 3.21. The lowest BCUT2D eigenvalue weighted by Gasteiger charge is -2.24. The topological polar surface area (TPSA) is 70.7 Å². The van der Waals surface area contributed by atoms with Crippen molar-refractivity contribution in [3.8, 4) is 0 Å². The molecule has 1 saturated heterocycles. The van der Waals surface area contributed by atoms with Crippen molar-refractivity contribution in [2.24, 2.45) is 0 Å². The lowest BCUT2D eigenvalue weighted by Crippen LogP contribution is -2.32. The number of halogens is 2. The first kappa shape index (κ1) is 15.6. The zero-order valence-electron chi connectivity index (χ0n) is 13.0. The third-order valence-electron chi connectivity index (χ3n) is 4.38. The van der Waals surface area contributed by atoms with Crippen molar-refractivity contribution in [2.45, 2.75) is 18.6 Å². The maximum absolute atomic E-state index is 13.6. The summed E-state index contributed by atoms with van der Waals surface area (Å²) in [5.41, 5.74) is 0.978. The fourth-order valence-electron chi connectivity index (χ4n) is 3.21. The number of imidazole rings is 1. The van der Waals surface area contributed by atoms with Gasteiger partial charge in [0.15, 0.2) is 23.0 Å². The Morgan fingerprint density at radius 2 is 1.92 bits per heavy atom. The number of aliphatic hydroxyl groups excluding tert-OH is 1. The van der Waals surface area contributed by atoms with Gasteiger partial charge in [-0.05, 0) is 24.1 Å². The Kier molecular flexibility index (Phi) is 3.69. The first-order valence-electron chi connectivity index (χ1n) is 7.76. The Hall–Kier alpha value is -2.87. The second-order valence-electron chi connectivity index (χ2n) is 5.97. The molecular formula is C17H14F2N4O2. The van der Waals surface area contributed by atoms with Gasteiger partial charge in [-0.2, -0.15) is 0 Å². The summed E-state index contributed by atoms with van der Waals surface area (Å²) in [5, 5.41) is 10.0. The van der Waals surface area contributed by atoms with E-state index in [1.165, 1.54) is 17.2 Å². The lowest BCUT2D eigenvalue weighted by molar-refractivity contribution is 0.0711. The molecule has 3 aromatic rings. The number of amides is 1. The van der Waals surface area contributed by atoms with E-state index in [1.54, 1.807) is 23.0 Å². The smallest absolute Gasteiger partial charge is 0.276 e. The molecule has 1 aliphatic rings. The number of likely N-dealkylation sites (tertiary alicyclic amines) is 1. The number of carbonyl (C=O) groups excluding carboxylic acids is 1. The van der Waals surface area contributed by atoms with Gasteiger partial charge in [-0.1, -0.05) is 6.07 Å². The third kappa shape index (κ3) is 2.64. The molecule has 2 aromatic heterocycles. The van der Waals surface area contributed by atoms with E-state index in [0.717, 1.165) is 12.1 Å². The minimum Gasteiger partial charge on any atom is -0.391 e. The van der Waals surface area contributed by atoms with Crippen LogP contribution in [0.3, 0.4) is 0 Å². The summed E-state index contributed by atoms with van der Waals surface area (Å²) in [5.74, 6) is -2.35. The number of benzene rings is 1. The van der Waals surface area contributed by atoms with E-state index in [-0.39, 0.29) is 18.7 Å². The van der Waals surface area contributed by atoms with Gasteiger partial charge >= 0.3 is 0 Å². The number of carbonyl (C=O) groups is 1. The van der Waals surface area contributed by atoms with Crippen LogP contribution in [0.5, 0.6) is 0 Å². The molecule has 128 valence electrons. The summed E-state index contributed by atoms with van der Waals surface area (Å²) in [4.78, 5) is 22.6. The van der Waals surface area contributed by atoms with Crippen LogP contribution in [0.15, 0.2) is 43.0 Å². The molecule has 0 spiro atoms. The van der Waals surface area contributed by atoms with Gasteiger partial charge in [-0.15, -0.1) is 0 Å². The van der Waals surface area contributed by atoms with Crippen molar-refractivity contribution in [3.05, 3.63) is 65.9 Å². The highest BCUT2D eigenvalue weighted by molar-refractivity contribution is 5.98. The van der Waals surface area contributed by atoms with Crippen molar-refractivity contribution < 1.29 is 18.7 Å². The van der Waals surface area contributed by atoms with Gasteiger partial charge in [0.1, 0.15) is 0 Å². The first-order chi connectivity index (χ1) is 12.0. The number of hydrogen-bond donors (Lipinski definition) is 1. The van der Waals surface area contributed by atoms with Crippen LogP contribution in [0.4, 0.5) is 8.78 Å². The predicted molar refractivity (Wildman–Crippen MR) is 83.7 cm³/mol. The van der Waals surface area contributed by atoms with Gasteiger partial charge in [-0.3, -0.25) is 4.79 Å². The van der Waals surface area contributed by atoms with Gasteiger partial charge in [0.25, 0.3) is 5.91 Å². The molecule has 2 unspecified atom stereocenters. The Balaban J connectivity index is 1.73. The number of β-amino-alcohol motifs (C(OH)–C–C–N with tert-alkyl or cyclic N) is 1. The van der Waals surface area contributed by atoms with E-state index in [9.17, 15) is 18.7 Å². The van der Waals surface area contributed by atoms with Crippen LogP contribution >= 0.6 is 0 Å². The molecule has 1 aromatic carbocycles. The highest BCUT2D eigenvalue weighted by Crippen LogP contribution is 2.34. The maximum atomic E-state index is 13.6. The van der Waals surface area contributed by atoms with Crippen LogP contribution in [-0.2, 0) is 0 Å². The average Bonchev–Trinajstić information content (AvgIpc) is 3.22. The van der Waals surface area contributed by atoms with Crippen molar-refractivity contribution >= 4 is 11.6 Å². The van der Waals surface area contributed by atoms with Gasteiger partial charge in [-0.25, -0.2) is 18.7 Å².